The quantitative estimate of drug-likeness (QED) is 0.657. The summed E-state index contributed by atoms with van der Waals surface area (Å²) in [6.45, 7) is 3.00. The summed E-state index contributed by atoms with van der Waals surface area (Å²) in [4.78, 5) is 18.3. The zero-order valence-corrected chi connectivity index (χ0v) is 9.76. The largest absolute Gasteiger partial charge is 0.476 e. The number of rotatable bonds is 7. The highest BCUT2D eigenvalue weighted by atomic mass is 16.4. The van der Waals surface area contributed by atoms with Crippen molar-refractivity contribution in [3.8, 4) is 0 Å². The molecular weight excluding hydrogens is 222 g/mol. The molecular formula is C11H17N3O3. The van der Waals surface area contributed by atoms with Gasteiger partial charge in [-0.2, -0.15) is 0 Å². The Morgan fingerprint density at radius 2 is 2.24 bits per heavy atom. The molecule has 0 spiro atoms. The predicted octanol–water partition coefficient (Wildman–Crippen LogP) is 0.995. The molecule has 1 rings (SSSR count). The van der Waals surface area contributed by atoms with Crippen molar-refractivity contribution in [2.45, 2.75) is 19.8 Å². The molecule has 1 aromatic heterocycles. The fraction of sp³-hybridized carbons (Fsp3) is 0.545. The second-order valence-corrected chi connectivity index (χ2v) is 3.94. The van der Waals surface area contributed by atoms with Gasteiger partial charge in [0.15, 0.2) is 5.69 Å². The van der Waals surface area contributed by atoms with Gasteiger partial charge in [0.05, 0.1) is 12.4 Å². The van der Waals surface area contributed by atoms with Crippen LogP contribution in [0.5, 0.6) is 0 Å². The third-order valence-electron chi connectivity index (χ3n) is 2.36. The van der Waals surface area contributed by atoms with Gasteiger partial charge in [0, 0.05) is 13.2 Å². The van der Waals surface area contributed by atoms with Crippen molar-refractivity contribution in [1.29, 1.82) is 0 Å². The first-order valence-electron chi connectivity index (χ1n) is 5.53. The molecule has 0 bridgehead atoms. The molecule has 0 aliphatic rings. The van der Waals surface area contributed by atoms with Crippen molar-refractivity contribution in [1.82, 2.24) is 9.97 Å². The van der Waals surface area contributed by atoms with Crippen molar-refractivity contribution >= 4 is 11.8 Å². The van der Waals surface area contributed by atoms with Crippen LogP contribution in [0.15, 0.2) is 12.4 Å². The van der Waals surface area contributed by atoms with Crippen LogP contribution in [-0.2, 0) is 0 Å². The lowest BCUT2D eigenvalue weighted by atomic mass is 10.1. The Labute approximate surface area is 99.7 Å². The van der Waals surface area contributed by atoms with E-state index in [0.717, 1.165) is 19.4 Å². The molecule has 17 heavy (non-hydrogen) atoms. The number of carboxylic acids is 1. The number of nitrogens with zero attached hydrogens (tertiary/aromatic N) is 2. The third kappa shape index (κ3) is 4.78. The van der Waals surface area contributed by atoms with Crippen LogP contribution >= 0.6 is 0 Å². The van der Waals surface area contributed by atoms with E-state index in [1.165, 1.54) is 12.4 Å². The monoisotopic (exact) mass is 239 g/mol. The maximum Gasteiger partial charge on any atom is 0.356 e. The van der Waals surface area contributed by atoms with Crippen LogP contribution in [0.25, 0.3) is 0 Å². The Balaban J connectivity index is 2.39. The van der Waals surface area contributed by atoms with Crippen molar-refractivity contribution < 1.29 is 15.0 Å². The molecule has 0 amide bonds. The standard InChI is InChI=1S/C11H17N3O3/c1-8(3-2-4-15)5-13-10-7-12-9(6-14-10)11(16)17/h6-8,15H,2-5H2,1H3,(H,13,14)(H,16,17). The van der Waals surface area contributed by atoms with Crippen molar-refractivity contribution in [2.24, 2.45) is 5.92 Å². The molecule has 0 aliphatic heterocycles. The molecule has 94 valence electrons. The van der Waals surface area contributed by atoms with Gasteiger partial charge >= 0.3 is 5.97 Å². The summed E-state index contributed by atoms with van der Waals surface area (Å²) >= 11 is 0. The highest BCUT2D eigenvalue weighted by molar-refractivity contribution is 5.84. The van der Waals surface area contributed by atoms with E-state index in [2.05, 4.69) is 22.2 Å². The maximum atomic E-state index is 10.5. The van der Waals surface area contributed by atoms with Gasteiger partial charge in [-0.15, -0.1) is 0 Å². The third-order valence-corrected chi connectivity index (χ3v) is 2.36. The number of aromatic carboxylic acids is 1. The normalized spacial score (nSPS) is 12.1. The smallest absolute Gasteiger partial charge is 0.356 e. The van der Waals surface area contributed by atoms with E-state index in [0.29, 0.717) is 11.7 Å². The van der Waals surface area contributed by atoms with Crippen LogP contribution in [0.2, 0.25) is 0 Å². The van der Waals surface area contributed by atoms with Crippen molar-refractivity contribution in [3.63, 3.8) is 0 Å². The summed E-state index contributed by atoms with van der Waals surface area (Å²) in [7, 11) is 0. The van der Waals surface area contributed by atoms with Crippen LogP contribution in [0.4, 0.5) is 5.82 Å². The van der Waals surface area contributed by atoms with E-state index >= 15 is 0 Å². The summed E-state index contributed by atoms with van der Waals surface area (Å²) in [6, 6.07) is 0. The first-order chi connectivity index (χ1) is 8.13. The van der Waals surface area contributed by atoms with Gasteiger partial charge in [0.2, 0.25) is 0 Å². The van der Waals surface area contributed by atoms with Crippen LogP contribution < -0.4 is 5.32 Å². The van der Waals surface area contributed by atoms with Gasteiger partial charge in [0.25, 0.3) is 0 Å². The van der Waals surface area contributed by atoms with E-state index in [1.807, 2.05) is 0 Å². The fourth-order valence-corrected chi connectivity index (χ4v) is 1.35. The predicted molar refractivity (Wildman–Crippen MR) is 63.0 cm³/mol. The van der Waals surface area contributed by atoms with Gasteiger partial charge in [-0.05, 0) is 18.8 Å². The van der Waals surface area contributed by atoms with Gasteiger partial charge in [-0.25, -0.2) is 14.8 Å². The van der Waals surface area contributed by atoms with Gasteiger partial charge in [-0.3, -0.25) is 0 Å². The number of aliphatic hydroxyl groups is 1. The Morgan fingerprint density at radius 1 is 1.47 bits per heavy atom. The first-order valence-corrected chi connectivity index (χ1v) is 5.53. The second-order valence-electron chi connectivity index (χ2n) is 3.94. The number of carbonyl (C=O) groups is 1. The van der Waals surface area contributed by atoms with Gasteiger partial charge < -0.3 is 15.5 Å². The van der Waals surface area contributed by atoms with Gasteiger partial charge in [0.1, 0.15) is 5.82 Å². The van der Waals surface area contributed by atoms with Crippen LogP contribution in [0.3, 0.4) is 0 Å². The summed E-state index contributed by atoms with van der Waals surface area (Å²) < 4.78 is 0. The molecule has 1 atom stereocenters. The Kier molecular flexibility index (Phi) is 5.35. The van der Waals surface area contributed by atoms with Crippen LogP contribution in [0.1, 0.15) is 30.3 Å². The molecule has 0 radical (unpaired) electrons. The second kappa shape index (κ2) is 6.80. The topological polar surface area (TPSA) is 95.3 Å². The molecule has 6 nitrogen and oxygen atoms in total. The van der Waals surface area contributed by atoms with Gasteiger partial charge in [-0.1, -0.05) is 6.92 Å². The molecule has 0 fully saturated rings. The van der Waals surface area contributed by atoms with Crippen molar-refractivity contribution in [3.05, 3.63) is 18.1 Å². The number of carboxylic acid groups (broad SMARTS) is 1. The zero-order chi connectivity index (χ0) is 12.7. The Morgan fingerprint density at radius 3 is 2.76 bits per heavy atom. The molecule has 1 unspecified atom stereocenters. The molecule has 1 heterocycles. The molecule has 0 aliphatic carbocycles. The Bertz CT molecular complexity index is 353. The zero-order valence-electron chi connectivity index (χ0n) is 9.76. The lowest BCUT2D eigenvalue weighted by Crippen LogP contribution is -2.13. The Hall–Kier alpha value is -1.69. The number of aromatic nitrogens is 2. The number of aliphatic hydroxyl groups excluding tert-OH is 1. The summed E-state index contributed by atoms with van der Waals surface area (Å²) in [6.07, 6.45) is 4.35. The molecule has 6 heteroatoms. The lowest BCUT2D eigenvalue weighted by Gasteiger charge is -2.11. The molecule has 0 saturated carbocycles. The van der Waals surface area contributed by atoms with E-state index in [1.54, 1.807) is 0 Å². The van der Waals surface area contributed by atoms with E-state index in [9.17, 15) is 4.79 Å². The minimum atomic E-state index is -1.08. The maximum absolute atomic E-state index is 10.5. The van der Waals surface area contributed by atoms with E-state index in [-0.39, 0.29) is 12.3 Å². The summed E-state index contributed by atoms with van der Waals surface area (Å²) in [5.74, 6) is -0.102. The molecule has 1 aromatic rings. The number of hydrogen-bond donors (Lipinski definition) is 3. The first kappa shape index (κ1) is 13.4. The van der Waals surface area contributed by atoms with Crippen molar-refractivity contribution in [2.75, 3.05) is 18.5 Å². The molecule has 0 aromatic carbocycles. The molecule has 3 N–H and O–H groups in total. The van der Waals surface area contributed by atoms with E-state index in [4.69, 9.17) is 10.2 Å². The summed E-state index contributed by atoms with van der Waals surface area (Å²) in [5.41, 5.74) is -0.0659. The van der Waals surface area contributed by atoms with E-state index < -0.39 is 5.97 Å². The average Bonchev–Trinajstić information content (AvgIpc) is 2.34. The van der Waals surface area contributed by atoms with Crippen LogP contribution in [-0.4, -0.2) is 39.3 Å². The minimum Gasteiger partial charge on any atom is -0.476 e. The highest BCUT2D eigenvalue weighted by Gasteiger charge is 2.05. The van der Waals surface area contributed by atoms with Crippen LogP contribution in [0, 0.1) is 5.92 Å². The average molecular weight is 239 g/mol. The minimum absolute atomic E-state index is 0.0659. The number of nitrogens with one attached hydrogen (secondary N) is 1. The SMILES string of the molecule is CC(CCCO)CNc1cnc(C(=O)O)cn1. The molecule has 0 saturated heterocycles. The summed E-state index contributed by atoms with van der Waals surface area (Å²) in [5, 5.41) is 20.4. The number of anilines is 1. The highest BCUT2D eigenvalue weighted by Crippen LogP contribution is 2.07. The lowest BCUT2D eigenvalue weighted by molar-refractivity contribution is 0.0690. The fourth-order valence-electron chi connectivity index (χ4n) is 1.35. The number of hydrogen-bond acceptors (Lipinski definition) is 5.